The molecule has 0 aromatic carbocycles. The smallest absolute Gasteiger partial charge is 0.119 e. The molecule has 0 aromatic rings. The topological polar surface area (TPSA) is 17.1 Å². The minimum Gasteiger partial charge on any atom is -0.303 e. The Bertz CT molecular complexity index is 37.1. The summed E-state index contributed by atoms with van der Waals surface area (Å²) in [6.07, 6.45) is 3.86. The zero-order chi connectivity index (χ0) is 4.83. The van der Waals surface area contributed by atoms with Gasteiger partial charge >= 0.3 is 0 Å². The van der Waals surface area contributed by atoms with E-state index in [1.54, 1.807) is 0 Å². The third kappa shape index (κ3) is 10.7. The van der Waals surface area contributed by atoms with Crippen molar-refractivity contribution in [3.63, 3.8) is 0 Å². The zero-order valence-electron chi connectivity index (χ0n) is 4.61. The molecule has 1 nitrogen and oxygen atoms in total. The average molecular weight is 134 g/mol. The average Bonchev–Trinajstić information content (AvgIpc) is 1.61. The summed E-state index contributed by atoms with van der Waals surface area (Å²) >= 11 is 0. The van der Waals surface area contributed by atoms with Crippen LogP contribution in [0.2, 0.25) is 0 Å². The first-order chi connectivity index (χ1) is 2.91. The SMILES string of the molecule is CCCCC=O.[Ti]. The van der Waals surface area contributed by atoms with Crippen molar-refractivity contribution in [1.82, 2.24) is 0 Å². The molecule has 0 fully saturated rings. The van der Waals surface area contributed by atoms with Crippen molar-refractivity contribution in [2.24, 2.45) is 0 Å². The van der Waals surface area contributed by atoms with Crippen LogP contribution >= 0.6 is 0 Å². The largest absolute Gasteiger partial charge is 0.303 e. The normalized spacial score (nSPS) is 7.00. The summed E-state index contributed by atoms with van der Waals surface area (Å²) in [6.45, 7) is 2.07. The van der Waals surface area contributed by atoms with E-state index in [-0.39, 0.29) is 21.7 Å². The molecule has 0 atom stereocenters. The van der Waals surface area contributed by atoms with Crippen LogP contribution in [0.25, 0.3) is 0 Å². The molecule has 2 heteroatoms. The monoisotopic (exact) mass is 134 g/mol. The number of hydrogen-bond donors (Lipinski definition) is 0. The van der Waals surface area contributed by atoms with Gasteiger partial charge in [0.05, 0.1) is 0 Å². The minimum absolute atomic E-state index is 0. The maximum Gasteiger partial charge on any atom is 0.119 e. The van der Waals surface area contributed by atoms with Gasteiger partial charge in [0.1, 0.15) is 6.29 Å². The van der Waals surface area contributed by atoms with Crippen molar-refractivity contribution >= 4 is 6.29 Å². The number of rotatable bonds is 3. The van der Waals surface area contributed by atoms with Gasteiger partial charge in [0.15, 0.2) is 0 Å². The summed E-state index contributed by atoms with van der Waals surface area (Å²) in [5, 5.41) is 0. The van der Waals surface area contributed by atoms with Crippen molar-refractivity contribution in [3.05, 3.63) is 0 Å². The number of hydrogen-bond acceptors (Lipinski definition) is 1. The molecule has 0 saturated heterocycles. The van der Waals surface area contributed by atoms with Crippen LogP contribution in [0.15, 0.2) is 0 Å². The van der Waals surface area contributed by atoms with Gasteiger partial charge < -0.3 is 4.79 Å². The molecule has 0 aliphatic rings. The second-order valence-corrected chi connectivity index (χ2v) is 1.31. The summed E-state index contributed by atoms with van der Waals surface area (Å²) in [5.41, 5.74) is 0. The Morgan fingerprint density at radius 3 is 2.29 bits per heavy atom. The van der Waals surface area contributed by atoms with E-state index >= 15 is 0 Å². The van der Waals surface area contributed by atoms with Gasteiger partial charge in [-0.15, -0.1) is 0 Å². The van der Waals surface area contributed by atoms with Crippen LogP contribution in [0.5, 0.6) is 0 Å². The summed E-state index contributed by atoms with van der Waals surface area (Å²) in [7, 11) is 0. The van der Waals surface area contributed by atoms with E-state index in [2.05, 4.69) is 6.92 Å². The van der Waals surface area contributed by atoms with Crippen LogP contribution in [0, 0.1) is 0 Å². The Morgan fingerprint density at radius 2 is 2.14 bits per heavy atom. The molecule has 0 amide bonds. The third-order valence-corrected chi connectivity index (χ3v) is 0.676. The molecule has 40 valence electrons. The molecule has 0 aliphatic carbocycles. The fraction of sp³-hybridized carbons (Fsp3) is 0.800. The van der Waals surface area contributed by atoms with Crippen molar-refractivity contribution in [3.8, 4) is 0 Å². The van der Waals surface area contributed by atoms with Crippen molar-refractivity contribution in [1.29, 1.82) is 0 Å². The Balaban J connectivity index is 0. The van der Waals surface area contributed by atoms with Gasteiger partial charge in [-0.25, -0.2) is 0 Å². The van der Waals surface area contributed by atoms with E-state index in [1.165, 1.54) is 0 Å². The molecule has 0 spiro atoms. The molecule has 7 heavy (non-hydrogen) atoms. The molecule has 0 rings (SSSR count). The predicted octanol–water partition coefficient (Wildman–Crippen LogP) is 1.37. The first kappa shape index (κ1) is 10.4. The van der Waals surface area contributed by atoms with Crippen molar-refractivity contribution < 1.29 is 26.5 Å². The standard InChI is InChI=1S/C5H10O.Ti/c1-2-3-4-5-6;/h5H,2-4H2,1H3;. The summed E-state index contributed by atoms with van der Waals surface area (Å²) in [4.78, 5) is 9.56. The van der Waals surface area contributed by atoms with E-state index < -0.39 is 0 Å². The molecule has 0 radical (unpaired) electrons. The van der Waals surface area contributed by atoms with Gasteiger partial charge in [-0.3, -0.25) is 0 Å². The number of carbonyl (C=O) groups is 1. The van der Waals surface area contributed by atoms with Crippen LogP contribution in [0.4, 0.5) is 0 Å². The Morgan fingerprint density at radius 1 is 1.57 bits per heavy atom. The minimum atomic E-state index is 0. The van der Waals surface area contributed by atoms with Crippen LogP contribution in [0.3, 0.4) is 0 Å². The molecule has 0 heterocycles. The fourth-order valence-corrected chi connectivity index (χ4v) is 0.287. The van der Waals surface area contributed by atoms with Gasteiger partial charge in [-0.1, -0.05) is 13.3 Å². The molecule has 0 N–H and O–H groups in total. The molecular weight excluding hydrogens is 124 g/mol. The van der Waals surface area contributed by atoms with Gasteiger partial charge in [0.25, 0.3) is 0 Å². The van der Waals surface area contributed by atoms with E-state index in [0.717, 1.165) is 25.5 Å². The maximum absolute atomic E-state index is 9.56. The maximum atomic E-state index is 9.56. The number of unbranched alkanes of at least 4 members (excludes halogenated alkanes) is 2. The fourth-order valence-electron chi connectivity index (χ4n) is 0.287. The van der Waals surface area contributed by atoms with Gasteiger partial charge in [0, 0.05) is 28.1 Å². The molecule has 0 aromatic heterocycles. The quantitative estimate of drug-likeness (QED) is 0.323. The van der Waals surface area contributed by atoms with Gasteiger partial charge in [-0.2, -0.15) is 0 Å². The van der Waals surface area contributed by atoms with E-state index in [0.29, 0.717) is 0 Å². The van der Waals surface area contributed by atoms with E-state index in [1.807, 2.05) is 0 Å². The van der Waals surface area contributed by atoms with Gasteiger partial charge in [-0.05, 0) is 6.42 Å². The summed E-state index contributed by atoms with van der Waals surface area (Å²) in [5.74, 6) is 0. The molecule has 0 aliphatic heterocycles. The van der Waals surface area contributed by atoms with Crippen molar-refractivity contribution in [2.75, 3.05) is 0 Å². The Labute approximate surface area is 59.4 Å². The molecule has 0 saturated carbocycles. The zero-order valence-corrected chi connectivity index (χ0v) is 6.17. The second-order valence-electron chi connectivity index (χ2n) is 1.31. The first-order valence-electron chi connectivity index (χ1n) is 2.35. The van der Waals surface area contributed by atoms with Gasteiger partial charge in [0.2, 0.25) is 0 Å². The first-order valence-corrected chi connectivity index (χ1v) is 2.35. The Hall–Kier alpha value is 0.384. The van der Waals surface area contributed by atoms with E-state index in [9.17, 15) is 4.79 Å². The summed E-state index contributed by atoms with van der Waals surface area (Å²) in [6, 6.07) is 0. The van der Waals surface area contributed by atoms with Crippen LogP contribution in [0.1, 0.15) is 26.2 Å². The predicted molar refractivity (Wildman–Crippen MR) is 25.6 cm³/mol. The number of carbonyl (C=O) groups excluding carboxylic acids is 1. The van der Waals surface area contributed by atoms with Crippen LogP contribution < -0.4 is 0 Å². The Kier molecular flexibility index (Phi) is 14.3. The summed E-state index contributed by atoms with van der Waals surface area (Å²) < 4.78 is 0. The van der Waals surface area contributed by atoms with Crippen LogP contribution in [-0.4, -0.2) is 6.29 Å². The molecule has 0 bridgehead atoms. The van der Waals surface area contributed by atoms with Crippen LogP contribution in [-0.2, 0) is 26.5 Å². The number of aldehydes is 1. The molecule has 0 unspecified atom stereocenters. The second kappa shape index (κ2) is 9.63. The molecular formula is C5H10OTi. The van der Waals surface area contributed by atoms with E-state index in [4.69, 9.17) is 0 Å². The van der Waals surface area contributed by atoms with Crippen molar-refractivity contribution in [2.45, 2.75) is 26.2 Å². The third-order valence-electron chi connectivity index (χ3n) is 0.676.